The zero-order chi connectivity index (χ0) is 31.6. The number of quaternary nitrogens is 1. The minimum atomic E-state index is -1.43. The third kappa shape index (κ3) is 7.71. The highest BCUT2D eigenvalue weighted by Crippen LogP contribution is 2.32. The van der Waals surface area contributed by atoms with Crippen LogP contribution in [0.5, 0.6) is 5.75 Å². The molecule has 2 aromatic carbocycles. The van der Waals surface area contributed by atoms with Gasteiger partial charge in [-0.25, -0.2) is 4.79 Å². The zero-order valence-corrected chi connectivity index (χ0v) is 24.5. The van der Waals surface area contributed by atoms with Crippen molar-refractivity contribution in [3.8, 4) is 5.75 Å². The van der Waals surface area contributed by atoms with E-state index in [0.717, 1.165) is 6.42 Å². The number of H-pyrrole nitrogens is 1. The summed E-state index contributed by atoms with van der Waals surface area (Å²) >= 11 is 0. The Morgan fingerprint density at radius 2 is 1.77 bits per heavy atom. The molecule has 43 heavy (non-hydrogen) atoms. The number of aromatic nitrogens is 1. The van der Waals surface area contributed by atoms with Gasteiger partial charge in [0.05, 0.1) is 11.1 Å². The van der Waals surface area contributed by atoms with E-state index in [2.05, 4.69) is 20.6 Å². The van der Waals surface area contributed by atoms with Crippen molar-refractivity contribution in [1.82, 2.24) is 20.3 Å². The van der Waals surface area contributed by atoms with E-state index in [0.29, 0.717) is 30.6 Å². The maximum atomic E-state index is 15.0. The Morgan fingerprint density at radius 3 is 2.42 bits per heavy atom. The Kier molecular flexibility index (Phi) is 11.3. The number of aryl methyl sites for hydroxylation is 1. The predicted molar refractivity (Wildman–Crippen MR) is 162 cm³/mol. The number of aliphatic imine (C=N–C) groups is 1. The number of aromatic amines is 1. The summed E-state index contributed by atoms with van der Waals surface area (Å²) in [6.07, 6.45) is 2.87. The quantitative estimate of drug-likeness (QED) is 0.0378. The van der Waals surface area contributed by atoms with Gasteiger partial charge in [0.2, 0.25) is 0 Å². The third-order valence-electron chi connectivity index (χ3n) is 6.52. The molecule has 1 aromatic heterocycles. The number of carbonyl (C=O) groups excluding carboxylic acids is 3. The first-order valence-electron chi connectivity index (χ1n) is 13.6. The van der Waals surface area contributed by atoms with Gasteiger partial charge in [0.25, 0.3) is 17.6 Å². The van der Waals surface area contributed by atoms with Crippen molar-refractivity contribution in [3.63, 3.8) is 0 Å². The van der Waals surface area contributed by atoms with E-state index in [1.807, 2.05) is 6.92 Å². The first-order valence-corrected chi connectivity index (χ1v) is 13.6. The van der Waals surface area contributed by atoms with Crippen LogP contribution in [0.25, 0.3) is 0 Å². The molecule has 0 aliphatic carbocycles. The second-order valence-corrected chi connectivity index (χ2v) is 9.57. The van der Waals surface area contributed by atoms with Gasteiger partial charge in [0.1, 0.15) is 23.5 Å². The van der Waals surface area contributed by atoms with Crippen molar-refractivity contribution < 1.29 is 29.0 Å². The lowest BCUT2D eigenvalue weighted by Gasteiger charge is -2.41. The summed E-state index contributed by atoms with van der Waals surface area (Å²) in [5.74, 6) is -1.71. The van der Waals surface area contributed by atoms with Gasteiger partial charge < -0.3 is 30.7 Å². The van der Waals surface area contributed by atoms with E-state index in [1.54, 1.807) is 32.9 Å². The van der Waals surface area contributed by atoms with Crippen LogP contribution in [0.15, 0.2) is 53.7 Å². The van der Waals surface area contributed by atoms with Crippen molar-refractivity contribution in [2.24, 2.45) is 4.99 Å². The number of hydrogen-bond acceptors (Lipinski definition) is 8. The van der Waals surface area contributed by atoms with E-state index in [1.165, 1.54) is 36.5 Å². The fraction of sp³-hybridized carbons (Fsp3) is 0.300. The summed E-state index contributed by atoms with van der Waals surface area (Å²) < 4.78 is 9.33. The summed E-state index contributed by atoms with van der Waals surface area (Å²) in [7, 11) is 0. The molecule has 2 amide bonds. The van der Waals surface area contributed by atoms with Gasteiger partial charge in [0.15, 0.2) is 13.5 Å². The first-order chi connectivity index (χ1) is 20.6. The van der Waals surface area contributed by atoms with E-state index in [9.17, 15) is 24.7 Å². The number of phenols is 1. The van der Waals surface area contributed by atoms with E-state index in [-0.39, 0.29) is 51.5 Å². The number of aromatic hydroxyl groups is 1. The maximum Gasteiger partial charge on any atom is 0.340 e. The highest BCUT2D eigenvalue weighted by molar-refractivity contribution is 6.11. The number of esters is 1. The van der Waals surface area contributed by atoms with Crippen LogP contribution in [0.4, 0.5) is 5.69 Å². The van der Waals surface area contributed by atoms with Crippen LogP contribution in [0.2, 0.25) is 0 Å². The molecule has 0 aliphatic rings. The fourth-order valence-electron chi connectivity index (χ4n) is 4.29. The Morgan fingerprint density at radius 1 is 1.07 bits per heavy atom. The molecule has 0 fully saturated rings. The third-order valence-corrected chi connectivity index (χ3v) is 6.52. The van der Waals surface area contributed by atoms with E-state index < -0.39 is 24.1 Å². The Balaban J connectivity index is 2.03. The molecule has 0 spiro atoms. The average Bonchev–Trinajstić information content (AvgIpc) is 3.37. The van der Waals surface area contributed by atoms with E-state index in [4.69, 9.17) is 14.9 Å². The molecule has 13 heteroatoms. The molecule has 0 aliphatic heterocycles. The lowest BCUT2D eigenvalue weighted by molar-refractivity contribution is -0.0472. The number of ether oxygens (including phenoxy) is 2. The zero-order valence-electron chi connectivity index (χ0n) is 24.5. The highest BCUT2D eigenvalue weighted by Gasteiger charge is 2.35. The second kappa shape index (κ2) is 14.9. The number of hydroxylamine groups is 2. The Hall–Kier alpha value is -4.85. The molecule has 13 nitrogen and oxygen atoms in total. The molecular formula is C30H36N6O7. The summed E-state index contributed by atoms with van der Waals surface area (Å²) in [6.45, 7) is 6.57. The molecule has 3 rings (SSSR count). The van der Waals surface area contributed by atoms with Gasteiger partial charge in [-0.05, 0) is 63.1 Å². The SMILES string of the molecule is CCCNC(=O)c1ccc(C)c([N+]([O-])(COCOC(=O)c2ccc(O)cc2)C(=NC=N)c2[nH]cc(C(=O)NCC)c2C)c1. The average molecular weight is 593 g/mol. The van der Waals surface area contributed by atoms with Gasteiger partial charge in [-0.15, -0.1) is 0 Å². The maximum absolute atomic E-state index is 15.0. The molecule has 0 bridgehead atoms. The van der Waals surface area contributed by atoms with Gasteiger partial charge in [-0.3, -0.25) is 24.4 Å². The Labute approximate surface area is 249 Å². The van der Waals surface area contributed by atoms with Crippen LogP contribution in [0.1, 0.15) is 68.2 Å². The molecule has 228 valence electrons. The largest absolute Gasteiger partial charge is 0.619 e. The molecule has 0 saturated heterocycles. The molecule has 1 heterocycles. The summed E-state index contributed by atoms with van der Waals surface area (Å²) in [5, 5.41) is 37.6. The predicted octanol–water partition coefficient (Wildman–Crippen LogP) is 3.87. The normalized spacial score (nSPS) is 12.7. The van der Waals surface area contributed by atoms with Crippen molar-refractivity contribution in [2.75, 3.05) is 26.6 Å². The number of hydrogen-bond donors (Lipinski definition) is 5. The fourth-order valence-corrected chi connectivity index (χ4v) is 4.29. The molecule has 3 aromatic rings. The number of amides is 2. The number of amidine groups is 1. The number of nitrogens with one attached hydrogen (secondary N) is 4. The van der Waals surface area contributed by atoms with Crippen LogP contribution in [0, 0.1) is 24.5 Å². The number of benzene rings is 2. The van der Waals surface area contributed by atoms with Crippen LogP contribution in [-0.2, 0) is 9.47 Å². The number of carbonyl (C=O) groups is 3. The first kappa shape index (κ1) is 32.7. The smallest absolute Gasteiger partial charge is 0.340 e. The van der Waals surface area contributed by atoms with Crippen LogP contribution < -0.4 is 15.3 Å². The van der Waals surface area contributed by atoms with Gasteiger partial charge in [-0.1, -0.05) is 13.0 Å². The van der Waals surface area contributed by atoms with Gasteiger partial charge in [0, 0.05) is 36.5 Å². The van der Waals surface area contributed by atoms with Crippen LogP contribution in [0.3, 0.4) is 0 Å². The van der Waals surface area contributed by atoms with Crippen molar-refractivity contribution in [1.29, 1.82) is 5.41 Å². The molecule has 1 unspecified atom stereocenters. The molecular weight excluding hydrogens is 556 g/mol. The van der Waals surface area contributed by atoms with Crippen LogP contribution in [-0.4, -0.2) is 66.7 Å². The Bertz CT molecular complexity index is 1500. The molecule has 0 saturated carbocycles. The van der Waals surface area contributed by atoms with Gasteiger partial charge >= 0.3 is 5.97 Å². The van der Waals surface area contributed by atoms with Crippen molar-refractivity contribution >= 4 is 35.6 Å². The minimum Gasteiger partial charge on any atom is -0.619 e. The number of nitrogens with zero attached hydrogens (tertiary/aromatic N) is 2. The lowest BCUT2D eigenvalue weighted by Crippen LogP contribution is -2.52. The monoisotopic (exact) mass is 592 g/mol. The summed E-state index contributed by atoms with van der Waals surface area (Å²) in [5.41, 5.74) is 1.86. The molecule has 5 N–H and O–H groups in total. The van der Waals surface area contributed by atoms with E-state index >= 15 is 0 Å². The van der Waals surface area contributed by atoms with Gasteiger partial charge in [-0.2, -0.15) is 4.99 Å². The van der Waals surface area contributed by atoms with Crippen LogP contribution >= 0.6 is 0 Å². The summed E-state index contributed by atoms with van der Waals surface area (Å²) in [6, 6.07) is 10.1. The number of rotatable bonds is 13. The molecule has 0 radical (unpaired) electrons. The topological polar surface area (TPSA) is 189 Å². The van der Waals surface area contributed by atoms with Crippen molar-refractivity contribution in [2.45, 2.75) is 34.1 Å². The minimum absolute atomic E-state index is 0.0184. The standard InChI is InChI=1S/C30H36N6O7/c1-5-13-33-28(38)22-8-7-19(3)25(14-22)36(41,17-42-18-43-30(40)21-9-11-23(37)12-10-21)27(35-16-31)26-20(4)24(15-34-26)29(39)32-6-2/h7-12,14-16,31,34,37H,5-6,13,17-18H2,1-4H3,(H,32,39)(H,33,38). The lowest BCUT2D eigenvalue weighted by atomic mass is 10.1. The van der Waals surface area contributed by atoms with Crippen molar-refractivity contribution in [3.05, 3.63) is 87.4 Å². The second-order valence-electron chi connectivity index (χ2n) is 9.57. The molecule has 1 atom stereocenters. The highest BCUT2D eigenvalue weighted by atomic mass is 16.7. The number of phenolic OH excluding ortho intramolecular Hbond substituents is 1. The summed E-state index contributed by atoms with van der Waals surface area (Å²) in [4.78, 5) is 44.9.